The number of likely N-dealkylation sites (tertiary alicyclic amines) is 1. The van der Waals surface area contributed by atoms with Crippen LogP contribution in [0.2, 0.25) is 0 Å². The number of likely N-dealkylation sites (N-methyl/N-ethyl adjacent to an activating group) is 1. The molecule has 122 valence electrons. The lowest BCUT2D eigenvalue weighted by Gasteiger charge is -2.32. The molecule has 0 radical (unpaired) electrons. The third-order valence-electron chi connectivity index (χ3n) is 3.89. The minimum Gasteiger partial charge on any atom is -0.493 e. The molecule has 2 rings (SSSR count). The zero-order valence-electron chi connectivity index (χ0n) is 13.9. The molecule has 1 aliphatic rings. The van der Waals surface area contributed by atoms with Crippen LogP contribution in [0.5, 0.6) is 11.5 Å². The Morgan fingerprint density at radius 1 is 1.36 bits per heavy atom. The lowest BCUT2D eigenvalue weighted by atomic mass is 10.0. The van der Waals surface area contributed by atoms with E-state index in [1.54, 1.807) is 13.2 Å². The van der Waals surface area contributed by atoms with Crippen LogP contribution >= 0.6 is 0 Å². The van der Waals surface area contributed by atoms with E-state index in [9.17, 15) is 4.79 Å². The fourth-order valence-corrected chi connectivity index (χ4v) is 2.73. The van der Waals surface area contributed by atoms with Crippen molar-refractivity contribution in [1.82, 2.24) is 10.2 Å². The van der Waals surface area contributed by atoms with E-state index in [1.165, 1.54) is 0 Å². The van der Waals surface area contributed by atoms with E-state index in [0.29, 0.717) is 23.1 Å². The van der Waals surface area contributed by atoms with E-state index in [1.807, 2.05) is 37.9 Å². The van der Waals surface area contributed by atoms with Gasteiger partial charge < -0.3 is 19.7 Å². The molecule has 0 unspecified atom stereocenters. The Labute approximate surface area is 132 Å². The van der Waals surface area contributed by atoms with E-state index in [2.05, 4.69) is 5.32 Å². The molecular formula is C17H26N2O3. The Kier molecular flexibility index (Phi) is 5.66. The fourth-order valence-electron chi connectivity index (χ4n) is 2.73. The highest BCUT2D eigenvalue weighted by atomic mass is 16.5. The first kappa shape index (κ1) is 16.6. The second kappa shape index (κ2) is 7.49. The Hall–Kier alpha value is -1.75. The smallest absolute Gasteiger partial charge is 0.254 e. The Balaban J connectivity index is 2.15. The molecule has 1 amide bonds. The van der Waals surface area contributed by atoms with Crippen LogP contribution in [0, 0.1) is 0 Å². The molecule has 1 heterocycles. The highest BCUT2D eigenvalue weighted by Gasteiger charge is 2.24. The van der Waals surface area contributed by atoms with Crippen molar-refractivity contribution in [3.8, 4) is 11.5 Å². The number of methoxy groups -OCH3 is 1. The number of nitrogens with zero attached hydrogens (tertiary/aromatic N) is 1. The molecule has 0 spiro atoms. The van der Waals surface area contributed by atoms with Crippen molar-refractivity contribution in [3.63, 3.8) is 0 Å². The van der Waals surface area contributed by atoms with Gasteiger partial charge in [-0.05, 0) is 51.9 Å². The topological polar surface area (TPSA) is 50.8 Å². The second-order valence-corrected chi connectivity index (χ2v) is 5.91. The molecule has 0 aromatic heterocycles. The fraction of sp³-hybridized carbons (Fsp3) is 0.588. The van der Waals surface area contributed by atoms with Gasteiger partial charge in [0, 0.05) is 24.7 Å². The summed E-state index contributed by atoms with van der Waals surface area (Å²) in [5.74, 6) is 1.32. The van der Waals surface area contributed by atoms with Gasteiger partial charge in [-0.25, -0.2) is 0 Å². The summed E-state index contributed by atoms with van der Waals surface area (Å²) in [6.07, 6.45) is 2.21. The van der Waals surface area contributed by atoms with Crippen molar-refractivity contribution in [2.45, 2.75) is 38.8 Å². The van der Waals surface area contributed by atoms with Crippen molar-refractivity contribution in [2.24, 2.45) is 0 Å². The summed E-state index contributed by atoms with van der Waals surface area (Å²) in [6.45, 7) is 5.49. The first-order chi connectivity index (χ1) is 10.5. The van der Waals surface area contributed by atoms with Gasteiger partial charge >= 0.3 is 0 Å². The van der Waals surface area contributed by atoms with Crippen molar-refractivity contribution >= 4 is 5.91 Å². The number of rotatable bonds is 5. The van der Waals surface area contributed by atoms with Gasteiger partial charge in [0.15, 0.2) is 11.5 Å². The Bertz CT molecular complexity index is 517. The van der Waals surface area contributed by atoms with Crippen LogP contribution in [0.15, 0.2) is 18.2 Å². The summed E-state index contributed by atoms with van der Waals surface area (Å²) >= 11 is 0. The zero-order chi connectivity index (χ0) is 16.1. The van der Waals surface area contributed by atoms with Crippen LogP contribution in [-0.2, 0) is 0 Å². The lowest BCUT2D eigenvalue weighted by molar-refractivity contribution is 0.0697. The molecule has 1 aromatic carbocycles. The summed E-state index contributed by atoms with van der Waals surface area (Å²) in [5.41, 5.74) is 0.643. The average Bonchev–Trinajstić information content (AvgIpc) is 2.54. The SMILES string of the molecule is CN[C@@H]1CCCN(C(=O)c2ccc(OC(C)C)c(OC)c2)C1. The molecule has 22 heavy (non-hydrogen) atoms. The van der Waals surface area contributed by atoms with E-state index in [-0.39, 0.29) is 12.0 Å². The quantitative estimate of drug-likeness (QED) is 0.907. The number of nitrogens with one attached hydrogen (secondary N) is 1. The summed E-state index contributed by atoms with van der Waals surface area (Å²) in [4.78, 5) is 14.6. The summed E-state index contributed by atoms with van der Waals surface area (Å²) < 4.78 is 11.0. The zero-order valence-corrected chi connectivity index (χ0v) is 13.9. The maximum atomic E-state index is 12.7. The van der Waals surface area contributed by atoms with Gasteiger partial charge in [0.1, 0.15) is 0 Å². The molecule has 5 nitrogen and oxygen atoms in total. The second-order valence-electron chi connectivity index (χ2n) is 5.91. The molecule has 1 aromatic rings. The molecule has 0 saturated carbocycles. The van der Waals surface area contributed by atoms with Crippen molar-refractivity contribution in [3.05, 3.63) is 23.8 Å². The van der Waals surface area contributed by atoms with Gasteiger partial charge in [-0.15, -0.1) is 0 Å². The highest BCUT2D eigenvalue weighted by molar-refractivity contribution is 5.95. The number of piperidine rings is 1. The molecule has 1 N–H and O–H groups in total. The molecule has 1 atom stereocenters. The van der Waals surface area contributed by atoms with E-state index in [0.717, 1.165) is 25.9 Å². The standard InChI is InChI=1S/C17H26N2O3/c1-12(2)22-15-8-7-13(10-16(15)21-4)17(20)19-9-5-6-14(11-19)18-3/h7-8,10,12,14,18H,5-6,9,11H2,1-4H3/t14-/m1/s1. The number of hydrogen-bond donors (Lipinski definition) is 1. The summed E-state index contributed by atoms with van der Waals surface area (Å²) in [6, 6.07) is 5.77. The van der Waals surface area contributed by atoms with E-state index < -0.39 is 0 Å². The Morgan fingerprint density at radius 3 is 2.77 bits per heavy atom. The number of ether oxygens (including phenoxy) is 2. The van der Waals surface area contributed by atoms with Gasteiger partial charge in [-0.2, -0.15) is 0 Å². The number of carbonyl (C=O) groups excluding carboxylic acids is 1. The molecule has 1 fully saturated rings. The normalized spacial score (nSPS) is 18.4. The maximum Gasteiger partial charge on any atom is 0.254 e. The largest absolute Gasteiger partial charge is 0.493 e. The Morgan fingerprint density at radius 2 is 2.14 bits per heavy atom. The lowest BCUT2D eigenvalue weighted by Crippen LogP contribution is -2.46. The summed E-state index contributed by atoms with van der Waals surface area (Å²) in [5, 5.41) is 3.25. The van der Waals surface area contributed by atoms with Crippen molar-refractivity contribution < 1.29 is 14.3 Å². The first-order valence-corrected chi connectivity index (χ1v) is 7.86. The van der Waals surface area contributed by atoms with Crippen LogP contribution in [0.25, 0.3) is 0 Å². The van der Waals surface area contributed by atoms with Crippen LogP contribution in [0.1, 0.15) is 37.0 Å². The van der Waals surface area contributed by atoms with Crippen LogP contribution < -0.4 is 14.8 Å². The monoisotopic (exact) mass is 306 g/mol. The average molecular weight is 306 g/mol. The van der Waals surface area contributed by atoms with Crippen molar-refractivity contribution in [1.29, 1.82) is 0 Å². The van der Waals surface area contributed by atoms with Gasteiger partial charge in [0.05, 0.1) is 13.2 Å². The summed E-state index contributed by atoms with van der Waals surface area (Å²) in [7, 11) is 3.54. The van der Waals surface area contributed by atoms with Gasteiger partial charge in [-0.1, -0.05) is 0 Å². The predicted octanol–water partition coefficient (Wildman–Crippen LogP) is 2.31. The maximum absolute atomic E-state index is 12.7. The number of carbonyl (C=O) groups is 1. The van der Waals surface area contributed by atoms with E-state index in [4.69, 9.17) is 9.47 Å². The van der Waals surface area contributed by atoms with Crippen LogP contribution in [-0.4, -0.2) is 50.2 Å². The number of amides is 1. The highest BCUT2D eigenvalue weighted by Crippen LogP contribution is 2.29. The molecule has 5 heteroatoms. The number of hydrogen-bond acceptors (Lipinski definition) is 4. The van der Waals surface area contributed by atoms with E-state index >= 15 is 0 Å². The molecule has 1 saturated heterocycles. The van der Waals surface area contributed by atoms with Crippen molar-refractivity contribution in [2.75, 3.05) is 27.2 Å². The minimum atomic E-state index is 0.0503. The third kappa shape index (κ3) is 3.91. The molecular weight excluding hydrogens is 280 g/mol. The van der Waals surface area contributed by atoms with Gasteiger partial charge in [0.2, 0.25) is 0 Å². The molecule has 1 aliphatic heterocycles. The third-order valence-corrected chi connectivity index (χ3v) is 3.89. The molecule has 0 aliphatic carbocycles. The predicted molar refractivity (Wildman–Crippen MR) is 86.7 cm³/mol. The van der Waals surface area contributed by atoms with Gasteiger partial charge in [-0.3, -0.25) is 4.79 Å². The molecule has 0 bridgehead atoms. The van der Waals surface area contributed by atoms with Crippen LogP contribution in [0.4, 0.5) is 0 Å². The minimum absolute atomic E-state index is 0.0503. The first-order valence-electron chi connectivity index (χ1n) is 7.86. The van der Waals surface area contributed by atoms with Gasteiger partial charge in [0.25, 0.3) is 5.91 Å². The number of benzene rings is 1. The van der Waals surface area contributed by atoms with Crippen LogP contribution in [0.3, 0.4) is 0 Å².